The van der Waals surface area contributed by atoms with Crippen LogP contribution in [0.5, 0.6) is 0 Å². The fraction of sp³-hybridized carbons (Fsp3) is 0.100. The summed E-state index contributed by atoms with van der Waals surface area (Å²) in [6.45, 7) is -0.156. The highest BCUT2D eigenvalue weighted by Gasteiger charge is 2.24. The van der Waals surface area contributed by atoms with Crippen LogP contribution in [0.15, 0.2) is 36.4 Å². The maximum Gasteiger partial charge on any atom is 0.411 e. The van der Waals surface area contributed by atoms with Crippen LogP contribution in [0.2, 0.25) is 0 Å². The van der Waals surface area contributed by atoms with Crippen LogP contribution in [-0.4, -0.2) is 38.0 Å². The van der Waals surface area contributed by atoms with Crippen molar-refractivity contribution in [1.29, 1.82) is 0 Å². The van der Waals surface area contributed by atoms with Crippen LogP contribution in [0.25, 0.3) is 22.4 Å². The van der Waals surface area contributed by atoms with Crippen molar-refractivity contribution in [1.82, 2.24) is 19.7 Å². The number of halogens is 3. The Kier molecular flexibility index (Phi) is 5.04. The van der Waals surface area contributed by atoms with E-state index in [1.807, 2.05) is 0 Å². The number of aromatic nitrogens is 4. The van der Waals surface area contributed by atoms with E-state index in [2.05, 4.69) is 15.1 Å². The Balaban J connectivity index is 1.92. The van der Waals surface area contributed by atoms with E-state index in [0.717, 1.165) is 15.6 Å². The largest absolute Gasteiger partial charge is 0.465 e. The topological polar surface area (TPSA) is 136 Å². The summed E-state index contributed by atoms with van der Waals surface area (Å²) in [5, 5.41) is 13.4. The summed E-state index contributed by atoms with van der Waals surface area (Å²) in [5.41, 5.74) is 11.7. The van der Waals surface area contributed by atoms with Crippen LogP contribution < -0.4 is 16.4 Å². The fourth-order valence-corrected chi connectivity index (χ4v) is 3.34. The van der Waals surface area contributed by atoms with E-state index in [0.29, 0.717) is 6.07 Å². The summed E-state index contributed by atoms with van der Waals surface area (Å²) < 4.78 is 44.0. The van der Waals surface area contributed by atoms with Gasteiger partial charge in [0.25, 0.3) is 0 Å². The number of hydrogen-bond acceptors (Lipinski definition) is 6. The molecular weight excluding hydrogens is 427 g/mol. The van der Waals surface area contributed by atoms with Gasteiger partial charge < -0.3 is 16.6 Å². The number of hydrogen-bond donors (Lipinski definition) is 3. The smallest absolute Gasteiger partial charge is 0.411 e. The monoisotopic (exact) mass is 443 g/mol. The highest BCUT2D eigenvalue weighted by Crippen LogP contribution is 2.33. The van der Waals surface area contributed by atoms with Crippen LogP contribution in [0.1, 0.15) is 5.56 Å². The highest BCUT2D eigenvalue weighted by molar-refractivity contribution is 5.96. The lowest BCUT2D eigenvalue weighted by molar-refractivity contribution is 0.203. The van der Waals surface area contributed by atoms with Crippen molar-refractivity contribution in [2.75, 3.05) is 23.4 Å². The number of benzene rings is 2. The Morgan fingerprint density at radius 2 is 1.75 bits per heavy atom. The molecule has 0 saturated carbocycles. The number of nitrogens with zero attached hydrogens (tertiary/aromatic N) is 5. The van der Waals surface area contributed by atoms with Crippen LogP contribution in [-0.2, 0) is 6.54 Å². The van der Waals surface area contributed by atoms with Gasteiger partial charge in [-0.3, -0.25) is 9.58 Å². The fourth-order valence-electron chi connectivity index (χ4n) is 3.34. The molecule has 5 N–H and O–H groups in total. The molecule has 4 aromatic rings. The number of anilines is 3. The molecule has 2 heterocycles. The van der Waals surface area contributed by atoms with E-state index in [4.69, 9.17) is 16.6 Å². The van der Waals surface area contributed by atoms with E-state index < -0.39 is 23.5 Å². The molecule has 0 spiro atoms. The molecular formula is C20H16F3N7O2. The zero-order valence-corrected chi connectivity index (χ0v) is 16.6. The Hall–Kier alpha value is -4.35. The third kappa shape index (κ3) is 3.51. The molecule has 32 heavy (non-hydrogen) atoms. The first-order valence-electron chi connectivity index (χ1n) is 9.16. The molecule has 0 bridgehead atoms. The molecule has 2 aromatic heterocycles. The summed E-state index contributed by atoms with van der Waals surface area (Å²) in [4.78, 5) is 20.1. The molecule has 9 nitrogen and oxygen atoms in total. The molecule has 2 aromatic carbocycles. The second kappa shape index (κ2) is 7.72. The second-order valence-electron chi connectivity index (χ2n) is 6.89. The minimum atomic E-state index is -1.34. The van der Waals surface area contributed by atoms with Gasteiger partial charge in [-0.25, -0.2) is 27.9 Å². The van der Waals surface area contributed by atoms with Crippen molar-refractivity contribution >= 4 is 34.3 Å². The van der Waals surface area contributed by atoms with Gasteiger partial charge in [-0.05, 0) is 12.1 Å². The Bertz CT molecular complexity index is 1350. The van der Waals surface area contributed by atoms with Crippen molar-refractivity contribution in [2.45, 2.75) is 6.54 Å². The van der Waals surface area contributed by atoms with Gasteiger partial charge in [-0.2, -0.15) is 5.10 Å². The van der Waals surface area contributed by atoms with Crippen molar-refractivity contribution in [3.8, 4) is 11.5 Å². The Morgan fingerprint density at radius 1 is 1.09 bits per heavy atom. The molecule has 1 amide bonds. The maximum absolute atomic E-state index is 14.7. The number of carboxylic acid groups (broad SMARTS) is 1. The summed E-state index contributed by atoms with van der Waals surface area (Å²) >= 11 is 0. The lowest BCUT2D eigenvalue weighted by atomic mass is 10.1. The van der Waals surface area contributed by atoms with Crippen molar-refractivity contribution < 1.29 is 23.1 Å². The third-order valence-corrected chi connectivity index (χ3v) is 4.81. The van der Waals surface area contributed by atoms with Crippen LogP contribution in [0.3, 0.4) is 0 Å². The number of nitrogen functional groups attached to an aromatic ring is 2. The molecule has 4 rings (SSSR count). The first kappa shape index (κ1) is 20.9. The first-order valence-corrected chi connectivity index (χ1v) is 9.16. The standard InChI is InChI=1S/C20H16F3N7O2/c1-29(20(31)32)16-17(24)26-19(27-18(16)25)14-11-6-10(21)7-13(23)15(11)30(28-14)8-9-4-2-3-5-12(9)22/h2-7H,8H2,1H3,(H,31,32)(H4,24,25,26,27). The van der Waals surface area contributed by atoms with E-state index >= 15 is 0 Å². The zero-order chi connectivity index (χ0) is 23.2. The molecule has 0 unspecified atom stereocenters. The molecule has 0 fully saturated rings. The predicted octanol–water partition coefficient (Wildman–Crippen LogP) is 3.24. The van der Waals surface area contributed by atoms with Gasteiger partial charge in [0, 0.05) is 24.1 Å². The molecule has 0 aliphatic rings. The van der Waals surface area contributed by atoms with E-state index in [1.54, 1.807) is 6.07 Å². The average molecular weight is 443 g/mol. The molecule has 0 radical (unpaired) electrons. The second-order valence-corrected chi connectivity index (χ2v) is 6.89. The van der Waals surface area contributed by atoms with Gasteiger partial charge in [-0.1, -0.05) is 18.2 Å². The summed E-state index contributed by atoms with van der Waals surface area (Å²) in [6, 6.07) is 7.60. The van der Waals surface area contributed by atoms with E-state index in [-0.39, 0.29) is 51.9 Å². The third-order valence-electron chi connectivity index (χ3n) is 4.81. The summed E-state index contributed by atoms with van der Waals surface area (Å²) in [5.74, 6) is -3.03. The Morgan fingerprint density at radius 3 is 2.38 bits per heavy atom. The SMILES string of the molecule is CN(C(=O)O)c1c(N)nc(-c2nn(Cc3ccccc3F)c3c(F)cc(F)cc23)nc1N. The minimum Gasteiger partial charge on any atom is -0.465 e. The van der Waals surface area contributed by atoms with Crippen molar-refractivity contribution in [3.05, 3.63) is 59.4 Å². The van der Waals surface area contributed by atoms with Gasteiger partial charge in [-0.15, -0.1) is 0 Å². The zero-order valence-electron chi connectivity index (χ0n) is 16.6. The average Bonchev–Trinajstić information content (AvgIpc) is 3.07. The molecule has 0 atom stereocenters. The van der Waals surface area contributed by atoms with Gasteiger partial charge in [0.1, 0.15) is 28.5 Å². The molecule has 0 aliphatic heterocycles. The van der Waals surface area contributed by atoms with Crippen LogP contribution in [0.4, 0.5) is 35.3 Å². The van der Waals surface area contributed by atoms with E-state index in [9.17, 15) is 18.0 Å². The minimum absolute atomic E-state index is 0.0111. The van der Waals surface area contributed by atoms with Crippen LogP contribution in [0, 0.1) is 17.5 Å². The van der Waals surface area contributed by atoms with Gasteiger partial charge >= 0.3 is 6.09 Å². The van der Waals surface area contributed by atoms with Gasteiger partial charge in [0.15, 0.2) is 23.3 Å². The Labute approximate surface area is 178 Å². The highest BCUT2D eigenvalue weighted by atomic mass is 19.1. The summed E-state index contributed by atoms with van der Waals surface area (Å²) in [7, 11) is 1.21. The van der Waals surface area contributed by atoms with Crippen molar-refractivity contribution in [3.63, 3.8) is 0 Å². The normalized spacial score (nSPS) is 11.1. The van der Waals surface area contributed by atoms with Gasteiger partial charge in [0.05, 0.1) is 6.54 Å². The lowest BCUT2D eigenvalue weighted by Gasteiger charge is -2.16. The maximum atomic E-state index is 14.7. The molecule has 0 aliphatic carbocycles. The molecule has 0 saturated heterocycles. The van der Waals surface area contributed by atoms with Crippen molar-refractivity contribution in [2.24, 2.45) is 0 Å². The number of amides is 1. The van der Waals surface area contributed by atoms with Crippen LogP contribution >= 0.6 is 0 Å². The number of carbonyl (C=O) groups is 1. The van der Waals surface area contributed by atoms with Gasteiger partial charge in [0.2, 0.25) is 0 Å². The predicted molar refractivity (Wildman–Crippen MR) is 111 cm³/mol. The lowest BCUT2D eigenvalue weighted by Crippen LogP contribution is -2.26. The summed E-state index contributed by atoms with van der Waals surface area (Å²) in [6.07, 6.45) is -1.34. The molecule has 164 valence electrons. The first-order chi connectivity index (χ1) is 15.2. The molecule has 12 heteroatoms. The van der Waals surface area contributed by atoms with E-state index in [1.165, 1.54) is 25.2 Å². The number of nitrogens with two attached hydrogens (primary N) is 2. The number of fused-ring (bicyclic) bond motifs is 1. The number of rotatable bonds is 4. The quantitative estimate of drug-likeness (QED) is 0.440.